The van der Waals surface area contributed by atoms with Crippen molar-refractivity contribution in [1.29, 1.82) is 0 Å². The number of aliphatic hydroxyl groups excluding tert-OH is 1. The van der Waals surface area contributed by atoms with Crippen LogP contribution in [0, 0.1) is 24.3 Å². The van der Waals surface area contributed by atoms with Crippen LogP contribution in [0.4, 0.5) is 4.39 Å². The first-order valence-electron chi connectivity index (χ1n) is 9.40. The number of benzene rings is 1. The lowest BCUT2D eigenvalue weighted by Gasteiger charge is -2.16. The Hall–Kier alpha value is -2.52. The van der Waals surface area contributed by atoms with E-state index in [0.717, 1.165) is 11.3 Å². The van der Waals surface area contributed by atoms with Crippen LogP contribution in [-0.4, -0.2) is 40.5 Å². The number of hydrogen-bond donors (Lipinski definition) is 2. The van der Waals surface area contributed by atoms with Crippen LogP contribution in [0.15, 0.2) is 30.3 Å². The number of aryl methyl sites for hydroxylation is 1. The van der Waals surface area contributed by atoms with E-state index in [1.807, 2.05) is 26.8 Å². The number of carboxylic acids is 1. The van der Waals surface area contributed by atoms with E-state index in [-0.39, 0.29) is 11.7 Å². The largest absolute Gasteiger partial charge is 0.481 e. The van der Waals surface area contributed by atoms with Gasteiger partial charge in [0.2, 0.25) is 0 Å². The molecular weight excluding hydrogens is 408 g/mol. The second-order valence-electron chi connectivity index (χ2n) is 7.26. The van der Waals surface area contributed by atoms with Gasteiger partial charge in [-0.25, -0.2) is 4.39 Å². The Morgan fingerprint density at radius 2 is 1.93 bits per heavy atom. The first kappa shape index (κ1) is 23.8. The standard InChI is InChI=1S/C22H25FNO5P/c1-14(2)22-19(9-10-30(28,29-4)13-18(25)12-21(26)27)20(11-15(3)24-22)16-5-7-17(23)8-6-16/h5-8,11,14,18,25H,12-13H2,1-4H3,(H,26,27)/t18-,30?/m0/s1. The maximum Gasteiger partial charge on any atom is 0.305 e. The lowest BCUT2D eigenvalue weighted by Crippen LogP contribution is -2.17. The van der Waals surface area contributed by atoms with Gasteiger partial charge in [-0.3, -0.25) is 14.3 Å². The fourth-order valence-corrected chi connectivity index (χ4v) is 4.25. The van der Waals surface area contributed by atoms with Gasteiger partial charge in [0.1, 0.15) is 5.82 Å². The lowest BCUT2D eigenvalue weighted by atomic mass is 9.94. The van der Waals surface area contributed by atoms with E-state index >= 15 is 0 Å². The minimum Gasteiger partial charge on any atom is -0.481 e. The Morgan fingerprint density at radius 3 is 2.47 bits per heavy atom. The van der Waals surface area contributed by atoms with Gasteiger partial charge in [-0.1, -0.05) is 31.9 Å². The molecular formula is C22H25FNO5P. The highest BCUT2D eigenvalue weighted by Gasteiger charge is 2.25. The van der Waals surface area contributed by atoms with E-state index in [2.05, 4.69) is 16.6 Å². The molecule has 0 saturated heterocycles. The monoisotopic (exact) mass is 433 g/mol. The molecule has 1 aromatic heterocycles. The van der Waals surface area contributed by atoms with Crippen LogP contribution in [0.5, 0.6) is 0 Å². The molecule has 8 heteroatoms. The summed E-state index contributed by atoms with van der Waals surface area (Å²) in [7, 11) is -2.41. The Labute approximate surface area is 175 Å². The molecule has 1 unspecified atom stereocenters. The SMILES string of the molecule is COP(=O)(C#Cc1c(-c2ccc(F)cc2)cc(C)nc1C(C)C)C[C@@H](O)CC(=O)O. The van der Waals surface area contributed by atoms with Crippen molar-refractivity contribution in [2.24, 2.45) is 0 Å². The Balaban J connectivity index is 2.59. The van der Waals surface area contributed by atoms with Gasteiger partial charge in [0.05, 0.1) is 29.9 Å². The van der Waals surface area contributed by atoms with Crippen molar-refractivity contribution in [3.63, 3.8) is 0 Å². The van der Waals surface area contributed by atoms with Crippen LogP contribution in [0.1, 0.15) is 43.1 Å². The molecule has 2 N–H and O–H groups in total. The Bertz CT molecular complexity index is 1020. The van der Waals surface area contributed by atoms with Crippen LogP contribution < -0.4 is 0 Å². The number of carboxylic acid groups (broad SMARTS) is 1. The molecule has 0 radical (unpaired) electrons. The van der Waals surface area contributed by atoms with Crippen molar-refractivity contribution in [2.75, 3.05) is 13.3 Å². The van der Waals surface area contributed by atoms with Crippen molar-refractivity contribution in [3.8, 4) is 22.7 Å². The number of pyridine rings is 1. The predicted molar refractivity (Wildman–Crippen MR) is 113 cm³/mol. The molecule has 2 rings (SSSR count). The summed E-state index contributed by atoms with van der Waals surface area (Å²) in [5.74, 6) is 1.34. The third-order valence-electron chi connectivity index (χ3n) is 4.39. The number of hydrogen-bond acceptors (Lipinski definition) is 5. The zero-order valence-corrected chi connectivity index (χ0v) is 18.2. The summed E-state index contributed by atoms with van der Waals surface area (Å²) in [6, 6.07) is 7.78. The van der Waals surface area contributed by atoms with E-state index < -0.39 is 32.0 Å². The third kappa shape index (κ3) is 6.24. The zero-order valence-electron chi connectivity index (χ0n) is 17.3. The number of aliphatic hydroxyl groups is 1. The average Bonchev–Trinajstić information content (AvgIpc) is 2.66. The average molecular weight is 433 g/mol. The fraction of sp³-hybridized carbons (Fsp3) is 0.364. The molecule has 0 fully saturated rings. The summed E-state index contributed by atoms with van der Waals surface area (Å²) < 4.78 is 31.4. The zero-order chi connectivity index (χ0) is 22.5. The van der Waals surface area contributed by atoms with Gasteiger partial charge < -0.3 is 14.7 Å². The summed E-state index contributed by atoms with van der Waals surface area (Å²) in [6.45, 7) is 5.75. The van der Waals surface area contributed by atoms with Crippen molar-refractivity contribution in [3.05, 3.63) is 53.1 Å². The molecule has 0 spiro atoms. The second-order valence-corrected chi connectivity index (χ2v) is 9.56. The molecule has 160 valence electrons. The summed E-state index contributed by atoms with van der Waals surface area (Å²) in [6.07, 6.45) is -2.30. The van der Waals surface area contributed by atoms with E-state index in [1.54, 1.807) is 12.1 Å². The number of rotatable bonds is 7. The van der Waals surface area contributed by atoms with Gasteiger partial charge in [0, 0.05) is 18.4 Å². The van der Waals surface area contributed by atoms with E-state index in [0.29, 0.717) is 16.8 Å². The smallest absolute Gasteiger partial charge is 0.305 e. The second kappa shape index (κ2) is 9.99. The van der Waals surface area contributed by atoms with Crippen LogP contribution in [0.25, 0.3) is 11.1 Å². The number of halogens is 1. The van der Waals surface area contributed by atoms with Crippen LogP contribution in [0.3, 0.4) is 0 Å². The van der Waals surface area contributed by atoms with Crippen LogP contribution in [0.2, 0.25) is 0 Å². The third-order valence-corrected chi connectivity index (χ3v) is 6.33. The highest BCUT2D eigenvalue weighted by atomic mass is 31.2. The van der Waals surface area contributed by atoms with Crippen molar-refractivity contribution in [2.45, 2.75) is 39.2 Å². The van der Waals surface area contributed by atoms with E-state index in [9.17, 15) is 18.9 Å². The molecule has 1 heterocycles. The number of aromatic nitrogens is 1. The van der Waals surface area contributed by atoms with E-state index in [4.69, 9.17) is 9.63 Å². The molecule has 0 amide bonds. The fourth-order valence-electron chi connectivity index (χ4n) is 2.95. The Morgan fingerprint density at radius 1 is 1.30 bits per heavy atom. The predicted octanol–water partition coefficient (Wildman–Crippen LogP) is 4.39. The van der Waals surface area contributed by atoms with E-state index in [1.165, 1.54) is 19.2 Å². The molecule has 30 heavy (non-hydrogen) atoms. The van der Waals surface area contributed by atoms with Crippen molar-refractivity contribution < 1.29 is 28.5 Å². The molecule has 2 aromatic rings. The highest BCUT2D eigenvalue weighted by molar-refractivity contribution is 7.64. The van der Waals surface area contributed by atoms with Crippen molar-refractivity contribution >= 4 is 13.3 Å². The maximum atomic E-state index is 13.4. The summed E-state index contributed by atoms with van der Waals surface area (Å²) in [5.41, 5.74) is 6.05. The highest BCUT2D eigenvalue weighted by Crippen LogP contribution is 2.46. The van der Waals surface area contributed by atoms with Gasteiger partial charge in [0.25, 0.3) is 7.37 Å². The van der Waals surface area contributed by atoms with Crippen molar-refractivity contribution in [1.82, 2.24) is 4.98 Å². The van der Waals surface area contributed by atoms with Gasteiger partial charge in [-0.05, 0) is 42.3 Å². The molecule has 0 bridgehead atoms. The summed E-state index contributed by atoms with van der Waals surface area (Å²) in [5, 5.41) is 18.7. The number of nitrogens with zero attached hydrogens (tertiary/aromatic N) is 1. The minimum absolute atomic E-state index is 0.00734. The molecule has 0 aliphatic heterocycles. The topological polar surface area (TPSA) is 96.7 Å². The Kier molecular flexibility index (Phi) is 7.91. The molecule has 0 aliphatic rings. The first-order valence-corrected chi connectivity index (χ1v) is 11.2. The van der Waals surface area contributed by atoms with Gasteiger partial charge >= 0.3 is 5.97 Å². The first-order chi connectivity index (χ1) is 14.0. The summed E-state index contributed by atoms with van der Waals surface area (Å²) in [4.78, 5) is 15.3. The van der Waals surface area contributed by atoms with Crippen LogP contribution >= 0.6 is 7.37 Å². The molecule has 0 aliphatic carbocycles. The molecule has 6 nitrogen and oxygen atoms in total. The van der Waals surface area contributed by atoms with Gasteiger partial charge in [0.15, 0.2) is 0 Å². The summed E-state index contributed by atoms with van der Waals surface area (Å²) >= 11 is 0. The molecule has 2 atom stereocenters. The van der Waals surface area contributed by atoms with Crippen LogP contribution in [-0.2, 0) is 13.9 Å². The maximum absolute atomic E-state index is 13.4. The van der Waals surface area contributed by atoms with Gasteiger partial charge in [-0.15, -0.1) is 0 Å². The lowest BCUT2D eigenvalue weighted by molar-refractivity contribution is -0.138. The minimum atomic E-state index is -3.62. The van der Waals surface area contributed by atoms with Gasteiger partial charge in [-0.2, -0.15) is 0 Å². The normalized spacial score (nSPS) is 14.0. The molecule has 1 aromatic carbocycles. The molecule has 0 saturated carbocycles. The number of carbonyl (C=O) groups is 1. The quantitative estimate of drug-likeness (QED) is 0.497. The number of aliphatic carboxylic acids is 1.